The summed E-state index contributed by atoms with van der Waals surface area (Å²) in [6.07, 6.45) is -3.82. The zero-order valence-corrected chi connectivity index (χ0v) is 13.5. The molecule has 2 aromatic heterocycles. The fourth-order valence-corrected chi connectivity index (χ4v) is 2.51. The molecule has 10 heteroatoms. The van der Waals surface area contributed by atoms with Gasteiger partial charge in [0, 0.05) is 24.1 Å². The lowest BCUT2D eigenvalue weighted by Crippen LogP contribution is -2.13. The molecule has 0 bridgehead atoms. The van der Waals surface area contributed by atoms with Gasteiger partial charge in [-0.05, 0) is 23.8 Å². The number of aliphatic carboxylic acids is 1. The van der Waals surface area contributed by atoms with E-state index in [-0.39, 0.29) is 11.1 Å². The number of halogens is 4. The Kier molecular flexibility index (Phi) is 4.64. The predicted octanol–water partition coefficient (Wildman–Crippen LogP) is 3.10. The van der Waals surface area contributed by atoms with Gasteiger partial charge >= 0.3 is 12.1 Å². The van der Waals surface area contributed by atoms with Gasteiger partial charge < -0.3 is 5.11 Å². The minimum Gasteiger partial charge on any atom is -0.480 e. The Morgan fingerprint density at radius 3 is 2.59 bits per heavy atom. The summed E-state index contributed by atoms with van der Waals surface area (Å²) in [5, 5.41) is 13.1. The van der Waals surface area contributed by atoms with E-state index in [1.165, 1.54) is 12.3 Å². The smallest absolute Gasteiger partial charge is 0.433 e. The molecule has 1 aromatic carbocycles. The van der Waals surface area contributed by atoms with Crippen LogP contribution in [0.2, 0.25) is 0 Å². The number of hydrogen-bond acceptors (Lipinski definition) is 4. The van der Waals surface area contributed by atoms with E-state index in [9.17, 15) is 27.2 Å². The van der Waals surface area contributed by atoms with E-state index < -0.39 is 48.1 Å². The number of pyridine rings is 1. The first-order chi connectivity index (χ1) is 12.6. The highest BCUT2D eigenvalue weighted by Crippen LogP contribution is 2.27. The molecule has 27 heavy (non-hydrogen) atoms. The molecule has 0 radical (unpaired) electrons. The number of alkyl halides is 3. The summed E-state index contributed by atoms with van der Waals surface area (Å²) < 4.78 is 53.4. The molecule has 0 aliphatic heterocycles. The third-order valence-corrected chi connectivity index (χ3v) is 3.69. The Morgan fingerprint density at radius 1 is 1.19 bits per heavy atom. The van der Waals surface area contributed by atoms with Gasteiger partial charge in [-0.15, -0.1) is 0 Å². The van der Waals surface area contributed by atoms with Crippen molar-refractivity contribution in [2.24, 2.45) is 0 Å². The second-order valence-corrected chi connectivity index (χ2v) is 5.73. The van der Waals surface area contributed by atoms with E-state index in [4.69, 9.17) is 5.11 Å². The lowest BCUT2D eigenvalue weighted by Gasteiger charge is -2.07. The largest absolute Gasteiger partial charge is 0.480 e. The molecule has 0 aliphatic carbocycles. The van der Waals surface area contributed by atoms with Gasteiger partial charge in [0.05, 0.1) is 5.52 Å². The van der Waals surface area contributed by atoms with Gasteiger partial charge in [-0.3, -0.25) is 14.3 Å². The molecule has 0 amide bonds. The van der Waals surface area contributed by atoms with Crippen molar-refractivity contribution in [1.82, 2.24) is 14.8 Å². The lowest BCUT2D eigenvalue weighted by atomic mass is 10.0. The van der Waals surface area contributed by atoms with Gasteiger partial charge in [-0.25, -0.2) is 9.37 Å². The van der Waals surface area contributed by atoms with Gasteiger partial charge in [0.1, 0.15) is 23.7 Å². The molecule has 0 saturated heterocycles. The van der Waals surface area contributed by atoms with Crippen molar-refractivity contribution in [2.45, 2.75) is 19.1 Å². The maximum atomic E-state index is 14.2. The van der Waals surface area contributed by atoms with E-state index in [1.807, 2.05) is 0 Å². The number of carbonyl (C=O) groups is 2. The third-order valence-electron chi connectivity index (χ3n) is 3.69. The van der Waals surface area contributed by atoms with Gasteiger partial charge in [0.2, 0.25) is 0 Å². The molecule has 6 nitrogen and oxygen atoms in total. The molecule has 0 atom stereocenters. The zero-order chi connectivity index (χ0) is 19.8. The number of ketones is 1. The Morgan fingerprint density at radius 2 is 1.93 bits per heavy atom. The minimum atomic E-state index is -4.70. The van der Waals surface area contributed by atoms with Gasteiger partial charge in [0.25, 0.3) is 0 Å². The fraction of sp³-hybridized carbons (Fsp3) is 0.176. The Balaban J connectivity index is 1.88. The van der Waals surface area contributed by atoms with E-state index in [0.717, 1.165) is 28.9 Å². The summed E-state index contributed by atoms with van der Waals surface area (Å²) in [7, 11) is 0. The molecule has 0 saturated carbocycles. The first-order valence-electron chi connectivity index (χ1n) is 7.58. The SMILES string of the molecule is O=C(O)Cn1cc2cc(CC(=O)c3cccc(C(F)(F)F)n3)c(F)cc2n1. The molecule has 3 rings (SSSR count). The van der Waals surface area contributed by atoms with Crippen LogP contribution in [-0.2, 0) is 23.9 Å². The molecular weight excluding hydrogens is 370 g/mol. The van der Waals surface area contributed by atoms with E-state index in [2.05, 4.69) is 10.1 Å². The van der Waals surface area contributed by atoms with E-state index >= 15 is 0 Å². The highest BCUT2D eigenvalue weighted by molar-refractivity contribution is 5.96. The van der Waals surface area contributed by atoms with Crippen LogP contribution in [0.1, 0.15) is 21.7 Å². The van der Waals surface area contributed by atoms with Crippen molar-refractivity contribution in [1.29, 1.82) is 0 Å². The highest BCUT2D eigenvalue weighted by Gasteiger charge is 2.33. The quantitative estimate of drug-likeness (QED) is 0.542. The maximum absolute atomic E-state index is 14.2. The third kappa shape index (κ3) is 4.10. The molecule has 0 spiro atoms. The normalized spacial score (nSPS) is 11.7. The summed E-state index contributed by atoms with van der Waals surface area (Å²) in [6.45, 7) is -0.418. The molecule has 0 fully saturated rings. The zero-order valence-electron chi connectivity index (χ0n) is 13.5. The number of carboxylic acid groups (broad SMARTS) is 1. The van der Waals surface area contributed by atoms with Crippen molar-refractivity contribution in [2.75, 3.05) is 0 Å². The van der Waals surface area contributed by atoms with Gasteiger partial charge in [-0.2, -0.15) is 18.3 Å². The molecule has 0 unspecified atom stereocenters. The van der Waals surface area contributed by atoms with Crippen LogP contribution in [0.4, 0.5) is 17.6 Å². The summed E-state index contributed by atoms with van der Waals surface area (Å²) in [5.74, 6) is -2.69. The van der Waals surface area contributed by atoms with Crippen molar-refractivity contribution in [3.63, 3.8) is 0 Å². The molecule has 0 aliphatic rings. The summed E-state index contributed by atoms with van der Waals surface area (Å²) in [6, 6.07) is 5.26. The predicted molar refractivity (Wildman–Crippen MR) is 84.6 cm³/mol. The molecule has 3 aromatic rings. The van der Waals surface area contributed by atoms with Crippen LogP contribution in [0.5, 0.6) is 0 Å². The van der Waals surface area contributed by atoms with Crippen LogP contribution in [-0.4, -0.2) is 31.6 Å². The Bertz CT molecular complexity index is 1040. The molecule has 140 valence electrons. The summed E-state index contributed by atoms with van der Waals surface area (Å²) in [5.41, 5.74) is -1.49. The number of carboxylic acids is 1. The second kappa shape index (κ2) is 6.78. The van der Waals surface area contributed by atoms with Gasteiger partial charge in [-0.1, -0.05) is 6.07 Å². The number of benzene rings is 1. The fourth-order valence-electron chi connectivity index (χ4n) is 2.51. The number of hydrogen-bond donors (Lipinski definition) is 1. The van der Waals surface area contributed by atoms with Crippen LogP contribution < -0.4 is 0 Å². The standard InChI is InChI=1S/C17H11F4N3O3/c18-11-6-13-10(7-24(23-13)8-16(26)27)4-9(11)5-14(25)12-2-1-3-15(22-12)17(19,20)21/h1-4,6-7H,5,8H2,(H,26,27). The van der Waals surface area contributed by atoms with Crippen molar-refractivity contribution in [3.05, 3.63) is 59.3 Å². The number of fused-ring (bicyclic) bond motifs is 1. The van der Waals surface area contributed by atoms with E-state index in [0.29, 0.717) is 5.39 Å². The average molecular weight is 381 g/mol. The molecule has 2 heterocycles. The highest BCUT2D eigenvalue weighted by atomic mass is 19.4. The number of rotatable bonds is 5. The van der Waals surface area contributed by atoms with Crippen LogP contribution in [0.3, 0.4) is 0 Å². The number of aromatic nitrogens is 3. The Labute approximate surface area is 149 Å². The number of nitrogens with zero attached hydrogens (tertiary/aromatic N) is 3. The molecular formula is C17H11F4N3O3. The first kappa shape index (κ1) is 18.5. The van der Waals surface area contributed by atoms with E-state index in [1.54, 1.807) is 0 Å². The van der Waals surface area contributed by atoms with Crippen LogP contribution >= 0.6 is 0 Å². The number of carbonyl (C=O) groups excluding carboxylic acids is 1. The maximum Gasteiger partial charge on any atom is 0.433 e. The summed E-state index contributed by atoms with van der Waals surface area (Å²) >= 11 is 0. The average Bonchev–Trinajstić information content (AvgIpc) is 2.94. The minimum absolute atomic E-state index is 0.0541. The summed E-state index contributed by atoms with van der Waals surface area (Å²) in [4.78, 5) is 26.2. The van der Waals surface area contributed by atoms with Crippen LogP contribution in [0.15, 0.2) is 36.5 Å². The van der Waals surface area contributed by atoms with Crippen molar-refractivity contribution < 1.29 is 32.3 Å². The molecule has 1 N–H and O–H groups in total. The first-order valence-corrected chi connectivity index (χ1v) is 7.58. The Hall–Kier alpha value is -3.30. The van der Waals surface area contributed by atoms with Crippen LogP contribution in [0, 0.1) is 5.82 Å². The second-order valence-electron chi connectivity index (χ2n) is 5.73. The monoisotopic (exact) mass is 381 g/mol. The van der Waals surface area contributed by atoms with Gasteiger partial charge in [0.15, 0.2) is 5.78 Å². The number of Topliss-reactive ketones (excluding diaryl/α,β-unsaturated/α-hetero) is 1. The van der Waals surface area contributed by atoms with Crippen molar-refractivity contribution in [3.8, 4) is 0 Å². The van der Waals surface area contributed by atoms with Crippen LogP contribution in [0.25, 0.3) is 10.9 Å². The van der Waals surface area contributed by atoms with Crippen molar-refractivity contribution >= 4 is 22.7 Å². The lowest BCUT2D eigenvalue weighted by molar-refractivity contribution is -0.141. The topological polar surface area (TPSA) is 85.1 Å².